The lowest BCUT2D eigenvalue weighted by molar-refractivity contribution is 0.255. The van der Waals surface area contributed by atoms with Gasteiger partial charge in [0.05, 0.1) is 0 Å². The Morgan fingerprint density at radius 1 is 1.15 bits per heavy atom. The van der Waals surface area contributed by atoms with Gasteiger partial charge in [-0.15, -0.1) is 19.7 Å². The number of aliphatic hydroxyl groups excluding tert-OH is 2. The van der Waals surface area contributed by atoms with Crippen LogP contribution in [0.15, 0.2) is 38.0 Å². The third kappa shape index (κ3) is 2.66. The summed E-state index contributed by atoms with van der Waals surface area (Å²) in [4.78, 5) is 0. The minimum absolute atomic E-state index is 0.0629. The Hall–Kier alpha value is -0.630. The third-order valence-electron chi connectivity index (χ3n) is 1.73. The first-order valence-electron chi connectivity index (χ1n) is 3.83. The summed E-state index contributed by atoms with van der Waals surface area (Å²) in [6, 6.07) is 0. The van der Waals surface area contributed by atoms with Crippen LogP contribution in [0, 0.1) is 0 Å². The van der Waals surface area contributed by atoms with Crippen LogP contribution in [0.5, 0.6) is 0 Å². The number of allylic oxidation sites excluding steroid dienone is 1. The number of hydrogen-bond donors (Lipinski definition) is 2. The van der Waals surface area contributed by atoms with Crippen molar-refractivity contribution in [2.24, 2.45) is 0 Å². The van der Waals surface area contributed by atoms with Gasteiger partial charge in [-0.1, -0.05) is 18.2 Å². The lowest BCUT2D eigenvalue weighted by Crippen LogP contribution is -2.16. The summed E-state index contributed by atoms with van der Waals surface area (Å²) >= 11 is 0. The van der Waals surface area contributed by atoms with Crippen molar-refractivity contribution in [1.29, 1.82) is 0 Å². The highest BCUT2D eigenvalue weighted by Crippen LogP contribution is 2.54. The van der Waals surface area contributed by atoms with Crippen molar-refractivity contribution < 1.29 is 14.8 Å². The molecule has 0 aromatic rings. The molecular weight excluding hydrogens is 187 g/mol. The molecule has 0 fully saturated rings. The van der Waals surface area contributed by atoms with Crippen molar-refractivity contribution in [2.75, 3.05) is 6.16 Å². The molecule has 3 nitrogen and oxygen atoms in total. The Bertz CT molecular complexity index is 229. The molecule has 0 spiro atoms. The summed E-state index contributed by atoms with van der Waals surface area (Å²) in [7, 11) is -3.14. The third-order valence-corrected chi connectivity index (χ3v) is 4.77. The number of hydrogen-bond acceptors (Lipinski definition) is 3. The van der Waals surface area contributed by atoms with Gasteiger partial charge in [-0.25, -0.2) is 0 Å². The maximum absolute atomic E-state index is 12.0. The maximum atomic E-state index is 12.0. The molecule has 0 saturated carbocycles. The van der Waals surface area contributed by atoms with Crippen molar-refractivity contribution in [2.45, 2.75) is 11.7 Å². The second kappa shape index (κ2) is 5.18. The van der Waals surface area contributed by atoms with Gasteiger partial charge in [0, 0.05) is 6.16 Å². The van der Waals surface area contributed by atoms with Gasteiger partial charge in [-0.05, 0) is 0 Å². The predicted octanol–water partition coefficient (Wildman–Crippen LogP) is 1.54. The van der Waals surface area contributed by atoms with Crippen LogP contribution >= 0.6 is 7.14 Å². The summed E-state index contributed by atoms with van der Waals surface area (Å²) in [6.07, 6.45) is 3.77. The monoisotopic (exact) mass is 202 g/mol. The highest BCUT2D eigenvalue weighted by atomic mass is 31.2. The lowest BCUT2D eigenvalue weighted by Gasteiger charge is -2.23. The number of aliphatic hydroxyl groups is 2. The van der Waals surface area contributed by atoms with Gasteiger partial charge in [0.15, 0.2) is 7.14 Å². The van der Waals surface area contributed by atoms with Gasteiger partial charge >= 0.3 is 0 Å². The standard InChI is InChI=1S/C9H15O3P/c1-4-7-13(12,8(10)5-2)9(11)6-3/h4-6,8-11H,1-3,7H2. The molecule has 2 atom stereocenters. The van der Waals surface area contributed by atoms with Crippen LogP contribution in [-0.2, 0) is 4.57 Å². The van der Waals surface area contributed by atoms with E-state index in [9.17, 15) is 14.8 Å². The first-order chi connectivity index (χ1) is 6.02. The molecule has 0 aromatic heterocycles. The molecule has 0 heterocycles. The van der Waals surface area contributed by atoms with E-state index in [2.05, 4.69) is 19.7 Å². The molecule has 0 aliphatic heterocycles. The fourth-order valence-electron chi connectivity index (χ4n) is 0.931. The largest absolute Gasteiger partial charge is 0.381 e. The summed E-state index contributed by atoms with van der Waals surface area (Å²) in [5.41, 5.74) is 0. The minimum Gasteiger partial charge on any atom is -0.381 e. The molecular formula is C9H15O3P. The van der Waals surface area contributed by atoms with E-state index in [0.717, 1.165) is 12.2 Å². The van der Waals surface area contributed by atoms with Crippen molar-refractivity contribution in [1.82, 2.24) is 0 Å². The second-order valence-corrected chi connectivity index (χ2v) is 5.76. The first-order valence-corrected chi connectivity index (χ1v) is 5.86. The van der Waals surface area contributed by atoms with Crippen molar-refractivity contribution in [3.63, 3.8) is 0 Å². The van der Waals surface area contributed by atoms with Gasteiger partial charge in [-0.3, -0.25) is 0 Å². The SMILES string of the molecule is C=CCP(=O)(C(O)C=C)C(O)C=C. The van der Waals surface area contributed by atoms with Gasteiger partial charge in [0.2, 0.25) is 0 Å². The summed E-state index contributed by atoms with van der Waals surface area (Å²) in [5, 5.41) is 18.7. The van der Waals surface area contributed by atoms with Crippen molar-refractivity contribution in [3.8, 4) is 0 Å². The molecule has 0 aliphatic carbocycles. The fourth-order valence-corrected chi connectivity index (χ4v) is 2.79. The van der Waals surface area contributed by atoms with E-state index in [4.69, 9.17) is 0 Å². The smallest absolute Gasteiger partial charge is 0.153 e. The summed E-state index contributed by atoms with van der Waals surface area (Å²) in [5.74, 6) is -2.42. The van der Waals surface area contributed by atoms with Crippen LogP contribution in [0.3, 0.4) is 0 Å². The first kappa shape index (κ1) is 12.4. The highest BCUT2D eigenvalue weighted by molar-refractivity contribution is 7.65. The maximum Gasteiger partial charge on any atom is 0.153 e. The quantitative estimate of drug-likeness (QED) is 0.507. The van der Waals surface area contributed by atoms with E-state index >= 15 is 0 Å². The van der Waals surface area contributed by atoms with E-state index in [1.165, 1.54) is 6.08 Å². The molecule has 0 rings (SSSR count). The van der Waals surface area contributed by atoms with E-state index < -0.39 is 18.8 Å². The Morgan fingerprint density at radius 3 is 1.77 bits per heavy atom. The molecule has 4 heteroatoms. The van der Waals surface area contributed by atoms with Gasteiger partial charge < -0.3 is 14.8 Å². The molecule has 13 heavy (non-hydrogen) atoms. The zero-order valence-corrected chi connectivity index (χ0v) is 8.36. The Morgan fingerprint density at radius 2 is 1.54 bits per heavy atom. The van der Waals surface area contributed by atoms with E-state index in [1.807, 2.05) is 0 Å². The van der Waals surface area contributed by atoms with Crippen LogP contribution in [0.25, 0.3) is 0 Å². The van der Waals surface area contributed by atoms with Crippen LogP contribution in [0.4, 0.5) is 0 Å². The minimum atomic E-state index is -3.14. The van der Waals surface area contributed by atoms with E-state index in [-0.39, 0.29) is 6.16 Å². The molecule has 0 aromatic carbocycles. The normalized spacial score (nSPS) is 19.5. The average Bonchev–Trinajstić information content (AvgIpc) is 2.15. The van der Waals surface area contributed by atoms with Crippen LogP contribution in [0.1, 0.15) is 0 Å². The second-order valence-electron chi connectivity index (χ2n) is 2.62. The predicted molar refractivity (Wildman–Crippen MR) is 55.1 cm³/mol. The molecule has 0 saturated heterocycles. The highest BCUT2D eigenvalue weighted by Gasteiger charge is 2.34. The molecule has 2 N–H and O–H groups in total. The van der Waals surface area contributed by atoms with Crippen LogP contribution < -0.4 is 0 Å². The lowest BCUT2D eigenvalue weighted by atomic mass is 10.7. The Kier molecular flexibility index (Phi) is 4.92. The number of rotatable bonds is 6. The van der Waals surface area contributed by atoms with Crippen LogP contribution in [0.2, 0.25) is 0 Å². The fraction of sp³-hybridized carbons (Fsp3) is 0.333. The molecule has 0 aliphatic rings. The summed E-state index contributed by atoms with van der Waals surface area (Å²) in [6.45, 7) is 10.1. The topological polar surface area (TPSA) is 57.5 Å². The summed E-state index contributed by atoms with van der Waals surface area (Å²) < 4.78 is 12.0. The molecule has 0 amide bonds. The van der Waals surface area contributed by atoms with E-state index in [0.29, 0.717) is 0 Å². The average molecular weight is 202 g/mol. The molecule has 2 unspecified atom stereocenters. The van der Waals surface area contributed by atoms with Crippen LogP contribution in [-0.4, -0.2) is 28.1 Å². The Labute approximate surface area is 78.5 Å². The van der Waals surface area contributed by atoms with Crippen molar-refractivity contribution in [3.05, 3.63) is 38.0 Å². The van der Waals surface area contributed by atoms with Gasteiger partial charge in [-0.2, -0.15) is 0 Å². The zero-order valence-electron chi connectivity index (χ0n) is 7.47. The van der Waals surface area contributed by atoms with Gasteiger partial charge in [0.1, 0.15) is 11.7 Å². The van der Waals surface area contributed by atoms with E-state index in [1.54, 1.807) is 0 Å². The Balaban J connectivity index is 4.91. The molecule has 0 bridgehead atoms. The zero-order chi connectivity index (χ0) is 10.5. The molecule has 74 valence electrons. The van der Waals surface area contributed by atoms with Gasteiger partial charge in [0.25, 0.3) is 0 Å². The van der Waals surface area contributed by atoms with Crippen molar-refractivity contribution >= 4 is 7.14 Å². The molecule has 0 radical (unpaired) electrons.